The van der Waals surface area contributed by atoms with Gasteiger partial charge in [-0.05, 0) is 44.6 Å². The maximum absolute atomic E-state index is 11.9. The third kappa shape index (κ3) is 2.94. The molecule has 4 nitrogen and oxygen atoms in total. The Morgan fingerprint density at radius 3 is 3.00 bits per heavy atom. The second-order valence-electron chi connectivity index (χ2n) is 4.65. The summed E-state index contributed by atoms with van der Waals surface area (Å²) in [6.07, 6.45) is 2.30. The summed E-state index contributed by atoms with van der Waals surface area (Å²) in [5.74, 6) is -0.166. The molecule has 0 spiro atoms. The number of hydrogen-bond donors (Lipinski definition) is 2. The minimum absolute atomic E-state index is 0.0104. The van der Waals surface area contributed by atoms with E-state index in [1.165, 1.54) is 18.6 Å². The molecule has 1 aromatic carbocycles. The highest BCUT2D eigenvalue weighted by molar-refractivity contribution is 6.32. The summed E-state index contributed by atoms with van der Waals surface area (Å²) >= 11 is 5.77. The van der Waals surface area contributed by atoms with Crippen LogP contribution in [0.4, 0.5) is 0 Å². The summed E-state index contributed by atoms with van der Waals surface area (Å²) in [6.45, 7) is 1.74. The molecule has 18 heavy (non-hydrogen) atoms. The van der Waals surface area contributed by atoms with Crippen LogP contribution in [-0.4, -0.2) is 42.1 Å². The molecule has 1 saturated heterocycles. The van der Waals surface area contributed by atoms with Gasteiger partial charge >= 0.3 is 0 Å². The Labute approximate surface area is 112 Å². The first kappa shape index (κ1) is 13.2. The maximum atomic E-state index is 11.9. The molecule has 2 rings (SSSR count). The van der Waals surface area contributed by atoms with Gasteiger partial charge in [-0.25, -0.2) is 0 Å². The fraction of sp³-hybridized carbons (Fsp3) is 0.462. The molecule has 2 N–H and O–H groups in total. The average Bonchev–Trinajstić information content (AvgIpc) is 2.75. The number of benzene rings is 1. The van der Waals surface area contributed by atoms with Gasteiger partial charge in [0.2, 0.25) is 0 Å². The largest absolute Gasteiger partial charge is 0.506 e. The van der Waals surface area contributed by atoms with Crippen LogP contribution in [0.5, 0.6) is 5.75 Å². The highest BCUT2D eigenvalue weighted by Crippen LogP contribution is 2.23. The predicted molar refractivity (Wildman–Crippen MR) is 71.1 cm³/mol. The third-order valence-corrected chi connectivity index (χ3v) is 3.68. The number of halogens is 1. The van der Waals surface area contributed by atoms with Crippen molar-refractivity contribution in [1.29, 1.82) is 0 Å². The highest BCUT2D eigenvalue weighted by Gasteiger charge is 2.21. The molecule has 1 aliphatic heterocycles. The molecule has 0 radical (unpaired) electrons. The molecule has 5 heteroatoms. The molecule has 0 saturated carbocycles. The van der Waals surface area contributed by atoms with Gasteiger partial charge in [0.1, 0.15) is 5.75 Å². The van der Waals surface area contributed by atoms with Gasteiger partial charge in [0.25, 0.3) is 5.91 Å². The number of phenolic OH excluding ortho intramolecular Hbond substituents is 1. The lowest BCUT2D eigenvalue weighted by Gasteiger charge is -2.19. The molecule has 98 valence electrons. The molecule has 0 bridgehead atoms. The van der Waals surface area contributed by atoms with E-state index in [1.54, 1.807) is 6.07 Å². The number of aromatic hydroxyl groups is 1. The zero-order valence-electron chi connectivity index (χ0n) is 10.3. The minimum atomic E-state index is -0.155. The van der Waals surface area contributed by atoms with Crippen LogP contribution in [-0.2, 0) is 0 Å². The number of nitrogens with zero attached hydrogens (tertiary/aromatic N) is 1. The van der Waals surface area contributed by atoms with Crippen molar-refractivity contribution in [2.45, 2.75) is 18.9 Å². The van der Waals surface area contributed by atoms with E-state index in [2.05, 4.69) is 17.3 Å². The third-order valence-electron chi connectivity index (χ3n) is 3.38. The van der Waals surface area contributed by atoms with Crippen molar-refractivity contribution in [3.05, 3.63) is 28.8 Å². The lowest BCUT2D eigenvalue weighted by molar-refractivity contribution is 0.0943. The van der Waals surface area contributed by atoms with Crippen LogP contribution in [0, 0.1) is 0 Å². The number of hydrogen-bond acceptors (Lipinski definition) is 3. The molecule has 1 aromatic rings. The number of amides is 1. The Kier molecular flexibility index (Phi) is 4.09. The first-order valence-electron chi connectivity index (χ1n) is 6.05. The van der Waals surface area contributed by atoms with Crippen LogP contribution in [0.3, 0.4) is 0 Å². The van der Waals surface area contributed by atoms with Gasteiger partial charge in [0, 0.05) is 18.2 Å². The van der Waals surface area contributed by atoms with Crippen LogP contribution in [0.1, 0.15) is 23.2 Å². The molecule has 1 heterocycles. The molecule has 1 aliphatic rings. The monoisotopic (exact) mass is 268 g/mol. The van der Waals surface area contributed by atoms with Gasteiger partial charge in [0.15, 0.2) is 0 Å². The highest BCUT2D eigenvalue weighted by atomic mass is 35.5. The van der Waals surface area contributed by atoms with E-state index >= 15 is 0 Å². The van der Waals surface area contributed by atoms with Crippen molar-refractivity contribution in [3.63, 3.8) is 0 Å². The number of carbonyl (C=O) groups is 1. The first-order valence-corrected chi connectivity index (χ1v) is 6.42. The Morgan fingerprint density at radius 1 is 1.61 bits per heavy atom. The average molecular weight is 269 g/mol. The number of phenols is 1. The number of likely N-dealkylation sites (N-methyl/N-ethyl adjacent to an activating group) is 1. The van der Waals surface area contributed by atoms with Crippen LogP contribution in [0.25, 0.3) is 0 Å². The van der Waals surface area contributed by atoms with Crippen molar-refractivity contribution >= 4 is 17.5 Å². The van der Waals surface area contributed by atoms with Crippen LogP contribution < -0.4 is 5.32 Å². The summed E-state index contributed by atoms with van der Waals surface area (Å²) in [7, 11) is 2.07. The van der Waals surface area contributed by atoms with E-state index in [4.69, 9.17) is 11.6 Å². The first-order chi connectivity index (χ1) is 8.58. The fourth-order valence-electron chi connectivity index (χ4n) is 2.20. The van der Waals surface area contributed by atoms with Crippen molar-refractivity contribution in [3.8, 4) is 5.75 Å². The lowest BCUT2D eigenvalue weighted by atomic mass is 10.2. The maximum Gasteiger partial charge on any atom is 0.251 e. The Hall–Kier alpha value is -1.26. The number of nitrogens with one attached hydrogen (secondary N) is 1. The molecule has 1 amide bonds. The molecule has 1 atom stereocenters. The zero-order valence-corrected chi connectivity index (χ0v) is 11.1. The SMILES string of the molecule is CN1CCCC1CNC(=O)c1ccc(O)c(Cl)c1. The van der Waals surface area contributed by atoms with E-state index in [-0.39, 0.29) is 16.7 Å². The van der Waals surface area contributed by atoms with Gasteiger partial charge in [-0.1, -0.05) is 11.6 Å². The summed E-state index contributed by atoms with van der Waals surface area (Å²) in [6, 6.07) is 4.89. The topological polar surface area (TPSA) is 52.6 Å². The van der Waals surface area contributed by atoms with E-state index in [0.717, 1.165) is 13.0 Å². The van der Waals surface area contributed by atoms with Gasteiger partial charge in [0.05, 0.1) is 5.02 Å². The van der Waals surface area contributed by atoms with Gasteiger partial charge < -0.3 is 15.3 Å². The quantitative estimate of drug-likeness (QED) is 0.880. The van der Waals surface area contributed by atoms with Crippen molar-refractivity contribution in [2.75, 3.05) is 20.1 Å². The van der Waals surface area contributed by atoms with E-state index in [9.17, 15) is 9.90 Å². The molecule has 0 aliphatic carbocycles. The standard InChI is InChI=1S/C13H17ClN2O2/c1-16-6-2-3-10(16)8-15-13(18)9-4-5-12(17)11(14)7-9/h4-5,7,10,17H,2-3,6,8H2,1H3,(H,15,18). The molecule has 0 aromatic heterocycles. The van der Waals surface area contributed by atoms with Gasteiger partial charge in [-0.3, -0.25) is 4.79 Å². The summed E-state index contributed by atoms with van der Waals surface area (Å²) in [5, 5.41) is 12.4. The number of carbonyl (C=O) groups excluding carboxylic acids is 1. The van der Waals surface area contributed by atoms with Gasteiger partial charge in [-0.2, -0.15) is 0 Å². The normalized spacial score (nSPS) is 20.0. The van der Waals surface area contributed by atoms with E-state index < -0.39 is 0 Å². The van der Waals surface area contributed by atoms with Crippen molar-refractivity contribution < 1.29 is 9.90 Å². The van der Waals surface area contributed by atoms with Crippen LogP contribution in [0.2, 0.25) is 5.02 Å². The fourth-order valence-corrected chi connectivity index (χ4v) is 2.38. The van der Waals surface area contributed by atoms with Gasteiger partial charge in [-0.15, -0.1) is 0 Å². The second-order valence-corrected chi connectivity index (χ2v) is 5.06. The van der Waals surface area contributed by atoms with Crippen molar-refractivity contribution in [1.82, 2.24) is 10.2 Å². The molecule has 1 fully saturated rings. The Bertz CT molecular complexity index is 451. The van der Waals surface area contributed by atoms with E-state index in [1.807, 2.05) is 0 Å². The predicted octanol–water partition coefficient (Wildman–Crippen LogP) is 1.87. The smallest absolute Gasteiger partial charge is 0.251 e. The molecular weight excluding hydrogens is 252 g/mol. The van der Waals surface area contributed by atoms with Crippen molar-refractivity contribution in [2.24, 2.45) is 0 Å². The minimum Gasteiger partial charge on any atom is -0.506 e. The number of rotatable bonds is 3. The number of likely N-dealkylation sites (tertiary alicyclic amines) is 1. The Balaban J connectivity index is 1.93. The van der Waals surface area contributed by atoms with E-state index in [0.29, 0.717) is 18.2 Å². The summed E-state index contributed by atoms with van der Waals surface area (Å²) < 4.78 is 0. The van der Waals surface area contributed by atoms with Crippen LogP contribution >= 0.6 is 11.6 Å². The van der Waals surface area contributed by atoms with Crippen LogP contribution in [0.15, 0.2) is 18.2 Å². The summed E-state index contributed by atoms with van der Waals surface area (Å²) in [5.41, 5.74) is 0.471. The Morgan fingerprint density at radius 2 is 2.39 bits per heavy atom. The second kappa shape index (κ2) is 5.59. The molecule has 1 unspecified atom stereocenters. The molecular formula is C13H17ClN2O2. The lowest BCUT2D eigenvalue weighted by Crippen LogP contribution is -2.38. The zero-order chi connectivity index (χ0) is 13.1. The summed E-state index contributed by atoms with van der Waals surface area (Å²) in [4.78, 5) is 14.2.